The molecule has 0 saturated heterocycles. The van der Waals surface area contributed by atoms with Gasteiger partial charge in [-0.2, -0.15) is 0 Å². The SMILES string of the molecule is COc1ccc(Br)c(C(=O)NCCN(C)Cc2ccccc2)c1. The van der Waals surface area contributed by atoms with E-state index in [9.17, 15) is 4.79 Å². The molecule has 0 fully saturated rings. The highest BCUT2D eigenvalue weighted by molar-refractivity contribution is 9.10. The van der Waals surface area contributed by atoms with E-state index in [1.54, 1.807) is 13.2 Å². The topological polar surface area (TPSA) is 41.6 Å². The van der Waals surface area contributed by atoms with Crippen molar-refractivity contribution in [3.05, 3.63) is 64.1 Å². The average Bonchev–Trinajstić information content (AvgIpc) is 2.56. The second kappa shape index (κ2) is 8.70. The van der Waals surface area contributed by atoms with E-state index in [4.69, 9.17) is 4.74 Å². The number of nitrogens with one attached hydrogen (secondary N) is 1. The van der Waals surface area contributed by atoms with Gasteiger partial charge < -0.3 is 15.0 Å². The normalized spacial score (nSPS) is 10.6. The minimum Gasteiger partial charge on any atom is -0.497 e. The highest BCUT2D eigenvalue weighted by Crippen LogP contribution is 2.22. The van der Waals surface area contributed by atoms with E-state index in [1.165, 1.54) is 5.56 Å². The number of carbonyl (C=O) groups is 1. The van der Waals surface area contributed by atoms with Crippen LogP contribution in [0.2, 0.25) is 0 Å². The highest BCUT2D eigenvalue weighted by atomic mass is 79.9. The van der Waals surface area contributed by atoms with Crippen LogP contribution < -0.4 is 10.1 Å². The van der Waals surface area contributed by atoms with E-state index >= 15 is 0 Å². The van der Waals surface area contributed by atoms with Crippen LogP contribution in [0, 0.1) is 0 Å². The third kappa shape index (κ3) is 5.37. The van der Waals surface area contributed by atoms with Gasteiger partial charge in [-0.3, -0.25) is 4.79 Å². The van der Waals surface area contributed by atoms with Gasteiger partial charge in [-0.1, -0.05) is 30.3 Å². The molecule has 0 atom stereocenters. The predicted octanol–water partition coefficient (Wildman–Crippen LogP) is 3.32. The van der Waals surface area contributed by atoms with Crippen molar-refractivity contribution < 1.29 is 9.53 Å². The van der Waals surface area contributed by atoms with E-state index < -0.39 is 0 Å². The van der Waals surface area contributed by atoms with Crippen molar-refractivity contribution in [2.45, 2.75) is 6.54 Å². The minimum absolute atomic E-state index is 0.108. The third-order valence-electron chi connectivity index (χ3n) is 3.49. The van der Waals surface area contributed by atoms with Crippen LogP contribution in [0.5, 0.6) is 5.75 Å². The number of nitrogens with zero attached hydrogens (tertiary/aromatic N) is 1. The average molecular weight is 377 g/mol. The van der Waals surface area contributed by atoms with Crippen LogP contribution in [0.25, 0.3) is 0 Å². The van der Waals surface area contributed by atoms with Crippen molar-refractivity contribution >= 4 is 21.8 Å². The Labute approximate surface area is 145 Å². The summed E-state index contributed by atoms with van der Waals surface area (Å²) in [5.41, 5.74) is 1.84. The molecule has 5 heteroatoms. The summed E-state index contributed by atoms with van der Waals surface area (Å²) in [6.45, 7) is 2.23. The summed E-state index contributed by atoms with van der Waals surface area (Å²) in [6.07, 6.45) is 0. The third-order valence-corrected chi connectivity index (χ3v) is 4.18. The molecule has 1 amide bonds. The van der Waals surface area contributed by atoms with Gasteiger partial charge in [0.15, 0.2) is 0 Å². The van der Waals surface area contributed by atoms with Crippen LogP contribution in [0.4, 0.5) is 0 Å². The number of halogens is 1. The van der Waals surface area contributed by atoms with Gasteiger partial charge in [-0.15, -0.1) is 0 Å². The molecular formula is C18H21BrN2O2. The van der Waals surface area contributed by atoms with E-state index in [-0.39, 0.29) is 5.91 Å². The molecule has 2 aromatic carbocycles. The van der Waals surface area contributed by atoms with Gasteiger partial charge in [0, 0.05) is 24.1 Å². The Morgan fingerprint density at radius 3 is 2.65 bits per heavy atom. The fourth-order valence-electron chi connectivity index (χ4n) is 2.24. The molecule has 0 heterocycles. The smallest absolute Gasteiger partial charge is 0.252 e. The molecule has 0 spiro atoms. The molecule has 0 unspecified atom stereocenters. The van der Waals surface area contributed by atoms with E-state index in [2.05, 4.69) is 38.3 Å². The number of carbonyl (C=O) groups excluding carboxylic acids is 1. The van der Waals surface area contributed by atoms with Crippen LogP contribution >= 0.6 is 15.9 Å². The zero-order chi connectivity index (χ0) is 16.7. The summed E-state index contributed by atoms with van der Waals surface area (Å²) in [6, 6.07) is 15.6. The van der Waals surface area contributed by atoms with Crippen LogP contribution in [0.15, 0.2) is 53.0 Å². The number of hydrogen-bond donors (Lipinski definition) is 1. The second-order valence-corrected chi connectivity index (χ2v) is 6.18. The lowest BCUT2D eigenvalue weighted by Gasteiger charge is -2.17. The Bertz CT molecular complexity index is 647. The molecule has 0 bridgehead atoms. The molecule has 0 aliphatic heterocycles. The maximum atomic E-state index is 12.3. The van der Waals surface area contributed by atoms with Crippen molar-refractivity contribution in [2.24, 2.45) is 0 Å². The molecule has 0 radical (unpaired) electrons. The lowest BCUT2D eigenvalue weighted by molar-refractivity contribution is 0.0948. The molecule has 4 nitrogen and oxygen atoms in total. The number of ether oxygens (including phenoxy) is 1. The molecule has 0 aliphatic rings. The van der Waals surface area contributed by atoms with Gasteiger partial charge in [0.05, 0.1) is 12.7 Å². The van der Waals surface area contributed by atoms with E-state index in [0.29, 0.717) is 17.9 Å². The molecule has 23 heavy (non-hydrogen) atoms. The first-order chi connectivity index (χ1) is 11.1. The van der Waals surface area contributed by atoms with Gasteiger partial charge >= 0.3 is 0 Å². The number of methoxy groups -OCH3 is 1. The maximum absolute atomic E-state index is 12.3. The van der Waals surface area contributed by atoms with E-state index in [1.807, 2.05) is 37.4 Å². The van der Waals surface area contributed by atoms with Gasteiger partial charge in [-0.25, -0.2) is 0 Å². The van der Waals surface area contributed by atoms with Crippen molar-refractivity contribution in [3.8, 4) is 5.75 Å². The minimum atomic E-state index is -0.108. The zero-order valence-corrected chi connectivity index (χ0v) is 15.0. The molecule has 122 valence electrons. The molecule has 0 saturated carbocycles. The number of likely N-dealkylation sites (N-methyl/N-ethyl adjacent to an activating group) is 1. The summed E-state index contributed by atoms with van der Waals surface area (Å²) in [7, 11) is 3.63. The van der Waals surface area contributed by atoms with Crippen molar-refractivity contribution in [3.63, 3.8) is 0 Å². The Hall–Kier alpha value is -1.85. The first-order valence-electron chi connectivity index (χ1n) is 7.44. The summed E-state index contributed by atoms with van der Waals surface area (Å²) in [5.74, 6) is 0.559. The zero-order valence-electron chi connectivity index (χ0n) is 13.4. The van der Waals surface area contributed by atoms with Crippen molar-refractivity contribution in [1.82, 2.24) is 10.2 Å². The first kappa shape index (κ1) is 17.5. The standard InChI is InChI=1S/C18H21BrN2O2/c1-21(13-14-6-4-3-5-7-14)11-10-20-18(22)16-12-15(23-2)8-9-17(16)19/h3-9,12H,10-11,13H2,1-2H3,(H,20,22). The Balaban J connectivity index is 1.83. The fourth-order valence-corrected chi connectivity index (χ4v) is 2.66. The summed E-state index contributed by atoms with van der Waals surface area (Å²) in [4.78, 5) is 14.4. The summed E-state index contributed by atoms with van der Waals surface area (Å²) >= 11 is 3.40. The van der Waals surface area contributed by atoms with Gasteiger partial charge in [-0.05, 0) is 46.7 Å². The lowest BCUT2D eigenvalue weighted by atomic mass is 10.2. The first-order valence-corrected chi connectivity index (χ1v) is 8.23. The quantitative estimate of drug-likeness (QED) is 0.805. The van der Waals surface area contributed by atoms with Crippen molar-refractivity contribution in [1.29, 1.82) is 0 Å². The summed E-state index contributed by atoms with van der Waals surface area (Å²) in [5, 5.41) is 2.94. The maximum Gasteiger partial charge on any atom is 0.252 e. The van der Waals surface area contributed by atoms with Crippen LogP contribution in [0.1, 0.15) is 15.9 Å². The number of rotatable bonds is 7. The van der Waals surface area contributed by atoms with Crippen LogP contribution in [-0.2, 0) is 6.54 Å². The Morgan fingerprint density at radius 2 is 1.96 bits per heavy atom. The molecule has 2 aromatic rings. The summed E-state index contributed by atoms with van der Waals surface area (Å²) < 4.78 is 5.92. The fraction of sp³-hybridized carbons (Fsp3) is 0.278. The molecule has 2 rings (SSSR count). The lowest BCUT2D eigenvalue weighted by Crippen LogP contribution is -2.32. The molecule has 0 aromatic heterocycles. The number of hydrogen-bond acceptors (Lipinski definition) is 3. The van der Waals surface area contributed by atoms with Crippen molar-refractivity contribution in [2.75, 3.05) is 27.2 Å². The highest BCUT2D eigenvalue weighted by Gasteiger charge is 2.11. The van der Waals surface area contributed by atoms with Crippen LogP contribution in [-0.4, -0.2) is 38.1 Å². The molecule has 1 N–H and O–H groups in total. The molecular weight excluding hydrogens is 356 g/mol. The second-order valence-electron chi connectivity index (χ2n) is 5.33. The van der Waals surface area contributed by atoms with Crippen LogP contribution in [0.3, 0.4) is 0 Å². The Morgan fingerprint density at radius 1 is 1.22 bits per heavy atom. The van der Waals surface area contributed by atoms with Gasteiger partial charge in [0.2, 0.25) is 0 Å². The van der Waals surface area contributed by atoms with E-state index in [0.717, 1.165) is 17.6 Å². The number of amides is 1. The predicted molar refractivity (Wildman–Crippen MR) is 95.8 cm³/mol. The Kier molecular flexibility index (Phi) is 6.62. The van der Waals surface area contributed by atoms with Gasteiger partial charge in [0.1, 0.15) is 5.75 Å². The molecule has 0 aliphatic carbocycles. The monoisotopic (exact) mass is 376 g/mol. The largest absolute Gasteiger partial charge is 0.497 e. The van der Waals surface area contributed by atoms with Gasteiger partial charge in [0.25, 0.3) is 5.91 Å². The number of benzene rings is 2.